The number of aryl methyl sites for hydroxylation is 1. The van der Waals surface area contributed by atoms with Crippen molar-refractivity contribution in [3.63, 3.8) is 0 Å². The van der Waals surface area contributed by atoms with Gasteiger partial charge in [0.25, 0.3) is 0 Å². The molecule has 6 nitrogen and oxygen atoms in total. The fourth-order valence-corrected chi connectivity index (χ4v) is 4.10. The summed E-state index contributed by atoms with van der Waals surface area (Å²) in [5.41, 5.74) is 3.52. The van der Waals surface area contributed by atoms with E-state index in [1.807, 2.05) is 32.9 Å². The lowest BCUT2D eigenvalue weighted by Crippen LogP contribution is -1.94. The molecule has 25 heavy (non-hydrogen) atoms. The van der Waals surface area contributed by atoms with Gasteiger partial charge < -0.3 is 9.84 Å². The molecular weight excluding hydrogens is 354 g/mol. The molecule has 8 heteroatoms. The van der Waals surface area contributed by atoms with E-state index in [9.17, 15) is 0 Å². The molecule has 0 saturated carbocycles. The van der Waals surface area contributed by atoms with Crippen LogP contribution in [0.3, 0.4) is 0 Å². The van der Waals surface area contributed by atoms with E-state index in [4.69, 9.17) is 4.52 Å². The maximum absolute atomic E-state index is 5.35. The van der Waals surface area contributed by atoms with E-state index in [0.29, 0.717) is 5.89 Å². The Morgan fingerprint density at radius 1 is 1.16 bits per heavy atom. The minimum atomic E-state index is 0.0292. The predicted molar refractivity (Wildman–Crippen MR) is 102 cm³/mol. The zero-order valence-electron chi connectivity index (χ0n) is 14.9. The number of nitrogens with zero attached hydrogens (tertiary/aromatic N) is 4. The standard InChI is InChI=1S/C17H21N5OS2/c1-9(2)14-19-15(23-22-14)12(5)24-17-21-20-16(25-17)18-13-8-6-7-10(3)11(13)4/h6-9,12H,1-5H3,(H,18,20). The maximum atomic E-state index is 5.35. The molecule has 1 aromatic carbocycles. The monoisotopic (exact) mass is 375 g/mol. The number of anilines is 2. The van der Waals surface area contributed by atoms with E-state index in [1.165, 1.54) is 22.5 Å². The van der Waals surface area contributed by atoms with Gasteiger partial charge in [0.05, 0.1) is 5.25 Å². The van der Waals surface area contributed by atoms with E-state index >= 15 is 0 Å². The first-order valence-corrected chi connectivity index (χ1v) is 9.80. The lowest BCUT2D eigenvalue weighted by atomic mass is 10.1. The Balaban J connectivity index is 1.67. The molecule has 0 fully saturated rings. The van der Waals surface area contributed by atoms with E-state index in [-0.39, 0.29) is 11.2 Å². The molecule has 0 saturated heterocycles. The molecule has 0 bridgehead atoms. The largest absolute Gasteiger partial charge is 0.338 e. The predicted octanol–water partition coefficient (Wildman–Crippen LogP) is 5.26. The van der Waals surface area contributed by atoms with Crippen LogP contribution in [0.4, 0.5) is 10.8 Å². The van der Waals surface area contributed by atoms with Crippen LogP contribution in [0.15, 0.2) is 27.1 Å². The summed E-state index contributed by atoms with van der Waals surface area (Å²) in [5, 5.41) is 16.6. The first-order valence-electron chi connectivity index (χ1n) is 8.11. The van der Waals surface area contributed by atoms with Crippen molar-refractivity contribution in [3.05, 3.63) is 41.0 Å². The van der Waals surface area contributed by atoms with Gasteiger partial charge in [-0.05, 0) is 38.0 Å². The molecule has 0 aliphatic carbocycles. The third-order valence-corrected chi connectivity index (χ3v) is 5.86. The molecule has 0 radical (unpaired) electrons. The van der Waals surface area contributed by atoms with Crippen LogP contribution in [0, 0.1) is 13.8 Å². The summed E-state index contributed by atoms with van der Waals surface area (Å²) < 4.78 is 6.22. The van der Waals surface area contributed by atoms with Crippen LogP contribution in [-0.2, 0) is 0 Å². The Morgan fingerprint density at radius 3 is 2.68 bits per heavy atom. The van der Waals surface area contributed by atoms with Crippen molar-refractivity contribution in [2.75, 3.05) is 5.32 Å². The first-order chi connectivity index (χ1) is 11.9. The van der Waals surface area contributed by atoms with Gasteiger partial charge in [-0.1, -0.05) is 54.2 Å². The Bertz CT molecular complexity index is 858. The number of thioether (sulfide) groups is 1. The highest BCUT2D eigenvalue weighted by molar-refractivity contribution is 8.01. The van der Waals surface area contributed by atoms with Crippen LogP contribution in [0.25, 0.3) is 0 Å². The summed E-state index contributed by atoms with van der Waals surface area (Å²) >= 11 is 3.09. The highest BCUT2D eigenvalue weighted by Gasteiger charge is 2.19. The van der Waals surface area contributed by atoms with Crippen LogP contribution >= 0.6 is 23.1 Å². The van der Waals surface area contributed by atoms with Gasteiger partial charge in [-0.2, -0.15) is 4.98 Å². The average Bonchev–Trinajstić information content (AvgIpc) is 3.21. The molecule has 0 aliphatic heterocycles. The minimum absolute atomic E-state index is 0.0292. The summed E-state index contributed by atoms with van der Waals surface area (Å²) in [6, 6.07) is 6.18. The van der Waals surface area contributed by atoms with Gasteiger partial charge in [-0.3, -0.25) is 0 Å². The van der Waals surface area contributed by atoms with Gasteiger partial charge in [0, 0.05) is 11.6 Å². The molecule has 1 atom stereocenters. The number of aromatic nitrogens is 4. The Morgan fingerprint density at radius 2 is 1.96 bits per heavy atom. The Kier molecular flexibility index (Phi) is 5.39. The quantitative estimate of drug-likeness (QED) is 0.589. The molecule has 132 valence electrons. The number of nitrogens with one attached hydrogen (secondary N) is 1. The third kappa shape index (κ3) is 4.19. The van der Waals surface area contributed by atoms with Crippen molar-refractivity contribution in [2.45, 2.75) is 50.1 Å². The highest BCUT2D eigenvalue weighted by Crippen LogP contribution is 2.37. The molecule has 2 aromatic heterocycles. The second kappa shape index (κ2) is 7.53. The fourth-order valence-electron chi connectivity index (χ4n) is 2.16. The van der Waals surface area contributed by atoms with Crippen LogP contribution in [0.1, 0.15) is 54.8 Å². The van der Waals surface area contributed by atoms with Crippen molar-refractivity contribution in [2.24, 2.45) is 0 Å². The molecule has 1 N–H and O–H groups in total. The zero-order chi connectivity index (χ0) is 18.0. The molecule has 1 unspecified atom stereocenters. The second-order valence-electron chi connectivity index (χ2n) is 6.15. The fraction of sp³-hybridized carbons (Fsp3) is 0.412. The lowest BCUT2D eigenvalue weighted by molar-refractivity contribution is 0.373. The van der Waals surface area contributed by atoms with Crippen molar-refractivity contribution in [3.8, 4) is 0 Å². The zero-order valence-corrected chi connectivity index (χ0v) is 16.5. The SMILES string of the molecule is Cc1cccc(Nc2nnc(SC(C)c3nc(C(C)C)no3)s2)c1C. The van der Waals surface area contributed by atoms with Crippen LogP contribution in [0.2, 0.25) is 0 Å². The van der Waals surface area contributed by atoms with E-state index in [2.05, 4.69) is 45.6 Å². The van der Waals surface area contributed by atoms with E-state index < -0.39 is 0 Å². The summed E-state index contributed by atoms with van der Waals surface area (Å²) in [4.78, 5) is 4.44. The summed E-state index contributed by atoms with van der Waals surface area (Å²) in [7, 11) is 0. The summed E-state index contributed by atoms with van der Waals surface area (Å²) in [6.07, 6.45) is 0. The number of hydrogen-bond donors (Lipinski definition) is 1. The number of hydrogen-bond acceptors (Lipinski definition) is 8. The lowest BCUT2D eigenvalue weighted by Gasteiger charge is -2.08. The Labute approximate surface area is 155 Å². The smallest absolute Gasteiger partial charge is 0.239 e. The van der Waals surface area contributed by atoms with Gasteiger partial charge in [0.15, 0.2) is 10.2 Å². The van der Waals surface area contributed by atoms with Crippen molar-refractivity contribution < 1.29 is 4.52 Å². The molecule has 3 aromatic rings. The third-order valence-electron chi connectivity index (χ3n) is 3.85. The summed E-state index contributed by atoms with van der Waals surface area (Å²) in [5.74, 6) is 1.61. The summed E-state index contributed by atoms with van der Waals surface area (Å²) in [6.45, 7) is 10.3. The first kappa shape index (κ1) is 17.9. The molecule has 0 amide bonds. The van der Waals surface area contributed by atoms with Gasteiger partial charge >= 0.3 is 0 Å². The van der Waals surface area contributed by atoms with Gasteiger partial charge in [-0.15, -0.1) is 10.2 Å². The van der Waals surface area contributed by atoms with Crippen LogP contribution in [0.5, 0.6) is 0 Å². The molecule has 2 heterocycles. The minimum Gasteiger partial charge on any atom is -0.338 e. The topological polar surface area (TPSA) is 76.7 Å². The normalized spacial score (nSPS) is 12.6. The van der Waals surface area contributed by atoms with Gasteiger partial charge in [-0.25, -0.2) is 0 Å². The molecule has 0 spiro atoms. The molecule has 0 aliphatic rings. The molecular formula is C17H21N5OS2. The van der Waals surface area contributed by atoms with Gasteiger partial charge in [0.1, 0.15) is 0 Å². The maximum Gasteiger partial charge on any atom is 0.239 e. The van der Waals surface area contributed by atoms with Crippen molar-refractivity contribution in [1.29, 1.82) is 0 Å². The number of rotatable bonds is 6. The molecule has 3 rings (SSSR count). The Hall–Kier alpha value is -1.93. The van der Waals surface area contributed by atoms with Crippen LogP contribution in [-0.4, -0.2) is 20.3 Å². The van der Waals surface area contributed by atoms with E-state index in [1.54, 1.807) is 11.8 Å². The van der Waals surface area contributed by atoms with Crippen molar-refractivity contribution >= 4 is 33.9 Å². The number of benzene rings is 1. The second-order valence-corrected chi connectivity index (χ2v) is 8.72. The highest BCUT2D eigenvalue weighted by atomic mass is 32.2. The van der Waals surface area contributed by atoms with Crippen molar-refractivity contribution in [1.82, 2.24) is 20.3 Å². The van der Waals surface area contributed by atoms with Crippen LogP contribution < -0.4 is 5.32 Å². The van der Waals surface area contributed by atoms with Gasteiger partial charge in [0.2, 0.25) is 11.0 Å². The average molecular weight is 376 g/mol. The van der Waals surface area contributed by atoms with E-state index in [0.717, 1.165) is 21.0 Å².